The zero-order valence-corrected chi connectivity index (χ0v) is 19.0. The number of carbonyl (C=O) groups is 1. The number of sulfonamides is 1. The summed E-state index contributed by atoms with van der Waals surface area (Å²) in [6.45, 7) is 1.86. The second kappa shape index (κ2) is 8.68. The van der Waals surface area contributed by atoms with Gasteiger partial charge >= 0.3 is 0 Å². The highest BCUT2D eigenvalue weighted by Gasteiger charge is 2.34. The Hall–Kier alpha value is -2.52. The van der Waals surface area contributed by atoms with E-state index in [0.717, 1.165) is 69.3 Å². The molecule has 1 atom stereocenters. The van der Waals surface area contributed by atoms with Crippen molar-refractivity contribution in [2.24, 2.45) is 5.92 Å². The maximum Gasteiger partial charge on any atom is 0.262 e. The van der Waals surface area contributed by atoms with Crippen molar-refractivity contribution >= 4 is 21.6 Å². The molecule has 1 saturated heterocycles. The Bertz CT molecular complexity index is 1160. The van der Waals surface area contributed by atoms with Gasteiger partial charge in [0.25, 0.3) is 10.0 Å². The van der Waals surface area contributed by atoms with Gasteiger partial charge in [-0.25, -0.2) is 17.2 Å². The number of amides is 1. The van der Waals surface area contributed by atoms with E-state index in [2.05, 4.69) is 14.9 Å². The molecule has 1 aliphatic heterocycles. The van der Waals surface area contributed by atoms with Gasteiger partial charge in [0.2, 0.25) is 5.91 Å². The fourth-order valence-electron chi connectivity index (χ4n) is 4.89. The smallest absolute Gasteiger partial charge is 0.262 e. The highest BCUT2D eigenvalue weighted by atomic mass is 32.2. The lowest BCUT2D eigenvalue weighted by atomic mass is 10.0. The Morgan fingerprint density at radius 2 is 1.58 bits per heavy atom. The van der Waals surface area contributed by atoms with Gasteiger partial charge in [-0.2, -0.15) is 0 Å². The van der Waals surface area contributed by atoms with E-state index in [4.69, 9.17) is 0 Å². The summed E-state index contributed by atoms with van der Waals surface area (Å²) in [4.78, 5) is 14.0. The van der Waals surface area contributed by atoms with E-state index in [1.54, 1.807) is 6.07 Å². The minimum Gasteiger partial charge on any atom is -0.353 e. The zero-order valence-electron chi connectivity index (χ0n) is 18.2. The largest absolute Gasteiger partial charge is 0.353 e. The summed E-state index contributed by atoms with van der Waals surface area (Å²) in [5.74, 6) is -1.44. The van der Waals surface area contributed by atoms with Crippen molar-refractivity contribution in [1.82, 2.24) is 10.2 Å². The predicted molar refractivity (Wildman–Crippen MR) is 120 cm³/mol. The first-order valence-electron chi connectivity index (χ1n) is 11.4. The lowest BCUT2D eigenvalue weighted by Crippen LogP contribution is -2.48. The SMILES string of the molecule is O=C(NC1CCN(C2Cc3ccc(NS(=O)(=O)c4cc(F)cc(F)c4)cc3C2)CC1)C1CC1. The van der Waals surface area contributed by atoms with Gasteiger partial charge in [-0.1, -0.05) is 6.07 Å². The molecule has 2 N–H and O–H groups in total. The van der Waals surface area contributed by atoms with Gasteiger partial charge < -0.3 is 5.32 Å². The van der Waals surface area contributed by atoms with Crippen molar-refractivity contribution in [2.45, 2.75) is 55.5 Å². The molecule has 1 heterocycles. The molecule has 5 rings (SSSR count). The number of fused-ring (bicyclic) bond motifs is 1. The van der Waals surface area contributed by atoms with Crippen LogP contribution < -0.4 is 10.0 Å². The number of likely N-dealkylation sites (tertiary alicyclic amines) is 1. The molecule has 2 aromatic rings. The van der Waals surface area contributed by atoms with Crippen molar-refractivity contribution in [2.75, 3.05) is 17.8 Å². The second-order valence-electron chi connectivity index (χ2n) is 9.35. The number of piperidine rings is 1. The van der Waals surface area contributed by atoms with Crippen LogP contribution in [-0.2, 0) is 27.7 Å². The third-order valence-electron chi connectivity index (χ3n) is 6.86. The van der Waals surface area contributed by atoms with Crippen LogP contribution in [0.3, 0.4) is 0 Å². The van der Waals surface area contributed by atoms with E-state index < -0.39 is 26.6 Å². The first-order chi connectivity index (χ1) is 15.8. The lowest BCUT2D eigenvalue weighted by Gasteiger charge is -2.36. The monoisotopic (exact) mass is 475 g/mol. The van der Waals surface area contributed by atoms with Crippen LogP contribution in [0.25, 0.3) is 0 Å². The van der Waals surface area contributed by atoms with E-state index in [0.29, 0.717) is 17.8 Å². The van der Waals surface area contributed by atoms with E-state index in [9.17, 15) is 22.0 Å². The summed E-state index contributed by atoms with van der Waals surface area (Å²) in [5, 5.41) is 3.18. The van der Waals surface area contributed by atoms with Crippen LogP contribution in [0.2, 0.25) is 0 Å². The van der Waals surface area contributed by atoms with Crippen LogP contribution in [0.1, 0.15) is 36.8 Å². The van der Waals surface area contributed by atoms with Gasteiger partial charge in [0.15, 0.2) is 0 Å². The highest BCUT2D eigenvalue weighted by Crippen LogP contribution is 2.32. The quantitative estimate of drug-likeness (QED) is 0.673. The second-order valence-corrected chi connectivity index (χ2v) is 11.0. The molecule has 1 saturated carbocycles. The number of anilines is 1. The molecule has 2 aliphatic carbocycles. The van der Waals surface area contributed by atoms with Gasteiger partial charge in [0, 0.05) is 42.8 Å². The fourth-order valence-corrected chi connectivity index (χ4v) is 5.98. The number of hydrogen-bond acceptors (Lipinski definition) is 4. The Labute approximate surface area is 192 Å². The predicted octanol–water partition coefficient (Wildman–Crippen LogP) is 3.22. The van der Waals surface area contributed by atoms with Crippen molar-refractivity contribution in [3.8, 4) is 0 Å². The number of halogens is 2. The molecule has 1 amide bonds. The van der Waals surface area contributed by atoms with E-state index in [1.165, 1.54) is 5.56 Å². The van der Waals surface area contributed by atoms with E-state index >= 15 is 0 Å². The standard InChI is InChI=1S/C24H27F2N3O3S/c25-18-12-19(26)14-23(13-18)33(31,32)28-21-4-3-16-10-22(11-17(16)9-21)29-7-5-20(6-8-29)27-24(30)15-1-2-15/h3-4,9,12-15,20,22,28H,1-2,5-8,10-11H2,(H,27,30). The summed E-state index contributed by atoms with van der Waals surface area (Å²) < 4.78 is 54.5. The number of benzene rings is 2. The summed E-state index contributed by atoms with van der Waals surface area (Å²) in [6.07, 6.45) is 5.64. The fraction of sp³-hybridized carbons (Fsp3) is 0.458. The molecule has 1 unspecified atom stereocenters. The third-order valence-corrected chi connectivity index (χ3v) is 8.22. The van der Waals surface area contributed by atoms with Crippen LogP contribution in [0.4, 0.5) is 14.5 Å². The number of hydrogen-bond donors (Lipinski definition) is 2. The summed E-state index contributed by atoms with van der Waals surface area (Å²) in [5.41, 5.74) is 2.64. The number of carbonyl (C=O) groups excluding carboxylic acids is 1. The molecule has 2 aromatic carbocycles. The van der Waals surface area contributed by atoms with Crippen LogP contribution in [-0.4, -0.2) is 44.4 Å². The van der Waals surface area contributed by atoms with Gasteiger partial charge in [-0.05, 0) is 73.9 Å². The maximum atomic E-state index is 13.5. The summed E-state index contributed by atoms with van der Waals surface area (Å²) in [6, 6.07) is 8.26. The van der Waals surface area contributed by atoms with E-state index in [-0.39, 0.29) is 17.9 Å². The molecule has 0 spiro atoms. The average molecular weight is 476 g/mol. The Balaban J connectivity index is 1.20. The van der Waals surface area contributed by atoms with Crippen LogP contribution in [0.5, 0.6) is 0 Å². The van der Waals surface area contributed by atoms with Crippen molar-refractivity contribution in [3.05, 3.63) is 59.2 Å². The minimum absolute atomic E-state index is 0.206. The topological polar surface area (TPSA) is 78.5 Å². The van der Waals surface area contributed by atoms with E-state index in [1.807, 2.05) is 12.1 Å². The van der Waals surface area contributed by atoms with Crippen LogP contribution >= 0.6 is 0 Å². The Kier molecular flexibility index (Phi) is 5.86. The first-order valence-corrected chi connectivity index (χ1v) is 12.9. The Morgan fingerprint density at radius 3 is 2.24 bits per heavy atom. The Morgan fingerprint density at radius 1 is 0.909 bits per heavy atom. The average Bonchev–Trinajstić information content (AvgIpc) is 3.53. The number of rotatable bonds is 6. The first kappa shape index (κ1) is 22.3. The molecule has 9 heteroatoms. The molecule has 176 valence electrons. The van der Waals surface area contributed by atoms with Crippen LogP contribution in [0, 0.1) is 17.6 Å². The number of nitrogens with one attached hydrogen (secondary N) is 2. The number of nitrogens with zero attached hydrogens (tertiary/aromatic N) is 1. The molecule has 6 nitrogen and oxygen atoms in total. The zero-order chi connectivity index (χ0) is 23.2. The summed E-state index contributed by atoms with van der Waals surface area (Å²) in [7, 11) is -4.10. The van der Waals surface area contributed by atoms with Crippen LogP contribution in [0.15, 0.2) is 41.3 Å². The molecule has 0 radical (unpaired) electrons. The van der Waals surface area contributed by atoms with Crippen molar-refractivity contribution < 1.29 is 22.0 Å². The molecule has 0 aromatic heterocycles. The van der Waals surface area contributed by atoms with Gasteiger partial charge in [0.05, 0.1) is 4.90 Å². The molecule has 3 aliphatic rings. The molecule has 2 fully saturated rings. The van der Waals surface area contributed by atoms with Crippen molar-refractivity contribution in [1.29, 1.82) is 0 Å². The van der Waals surface area contributed by atoms with Gasteiger partial charge in [-0.3, -0.25) is 14.4 Å². The molecule has 33 heavy (non-hydrogen) atoms. The maximum absolute atomic E-state index is 13.5. The minimum atomic E-state index is -4.10. The van der Waals surface area contributed by atoms with Gasteiger partial charge in [0.1, 0.15) is 11.6 Å². The van der Waals surface area contributed by atoms with Crippen molar-refractivity contribution in [3.63, 3.8) is 0 Å². The third kappa shape index (κ3) is 5.04. The van der Waals surface area contributed by atoms with Gasteiger partial charge in [-0.15, -0.1) is 0 Å². The molecule has 0 bridgehead atoms. The molecular formula is C24H27F2N3O3S. The summed E-state index contributed by atoms with van der Waals surface area (Å²) >= 11 is 0. The lowest BCUT2D eigenvalue weighted by molar-refractivity contribution is -0.123. The molecular weight excluding hydrogens is 448 g/mol. The normalized spacial score (nSPS) is 21.6. The highest BCUT2D eigenvalue weighted by molar-refractivity contribution is 7.92.